The number of fused-ring (bicyclic) bond motifs is 1. The zero-order chi connectivity index (χ0) is 26.6. The Bertz CT molecular complexity index is 1120. The van der Waals surface area contributed by atoms with Gasteiger partial charge in [-0.25, -0.2) is 0 Å². The number of hydrogen-bond acceptors (Lipinski definition) is 12. The van der Waals surface area contributed by atoms with E-state index in [9.17, 15) is 28.8 Å². The second-order valence-corrected chi connectivity index (χ2v) is 7.93. The predicted molar refractivity (Wildman–Crippen MR) is 116 cm³/mol. The number of ether oxygens (including phenoxy) is 6. The van der Waals surface area contributed by atoms with Gasteiger partial charge in [0.05, 0.1) is 0 Å². The fraction of sp³-hybridized carbons (Fsp3) is 0.417. The molecule has 1 aromatic rings. The number of rotatable bonds is 7. The number of esters is 4. The van der Waals surface area contributed by atoms with E-state index >= 15 is 0 Å². The minimum absolute atomic E-state index is 0.0886. The topological polar surface area (TPSA) is 158 Å². The summed E-state index contributed by atoms with van der Waals surface area (Å²) < 4.78 is 32.4. The van der Waals surface area contributed by atoms with E-state index in [-0.39, 0.29) is 11.1 Å². The van der Waals surface area contributed by atoms with Crippen LogP contribution >= 0.6 is 0 Å². The summed E-state index contributed by atoms with van der Waals surface area (Å²) in [7, 11) is 0. The lowest BCUT2D eigenvalue weighted by atomic mass is 9.93. The third kappa shape index (κ3) is 6.13. The van der Waals surface area contributed by atoms with E-state index in [0.29, 0.717) is 0 Å². The van der Waals surface area contributed by atoms with Crippen LogP contribution in [-0.4, -0.2) is 72.8 Å². The summed E-state index contributed by atoms with van der Waals surface area (Å²) in [5, 5.41) is 0. The molecule has 0 unspecified atom stereocenters. The molecule has 0 saturated carbocycles. The molecule has 192 valence electrons. The van der Waals surface area contributed by atoms with Crippen molar-refractivity contribution in [2.45, 2.75) is 58.4 Å². The molecule has 3 rings (SSSR count). The molecular weight excluding hydrogens is 480 g/mol. The van der Waals surface area contributed by atoms with Gasteiger partial charge in [0.15, 0.2) is 23.8 Å². The molecule has 0 amide bonds. The van der Waals surface area contributed by atoms with Crippen molar-refractivity contribution < 1.29 is 57.2 Å². The maximum atomic E-state index is 13.0. The summed E-state index contributed by atoms with van der Waals surface area (Å²) in [6.45, 7) is 3.90. The van der Waals surface area contributed by atoms with Crippen LogP contribution in [0.4, 0.5) is 0 Å². The van der Waals surface area contributed by atoms with Gasteiger partial charge in [-0.1, -0.05) is 24.3 Å². The van der Waals surface area contributed by atoms with Crippen molar-refractivity contribution in [3.05, 3.63) is 47.2 Å². The Morgan fingerprint density at radius 3 is 1.92 bits per heavy atom. The van der Waals surface area contributed by atoms with Crippen LogP contribution in [0.15, 0.2) is 36.1 Å². The van der Waals surface area contributed by atoms with E-state index in [2.05, 4.69) is 0 Å². The van der Waals surface area contributed by atoms with Gasteiger partial charge < -0.3 is 28.4 Å². The second-order valence-electron chi connectivity index (χ2n) is 7.93. The van der Waals surface area contributed by atoms with Crippen molar-refractivity contribution in [2.75, 3.05) is 6.61 Å². The Hall–Kier alpha value is -4.06. The molecule has 1 fully saturated rings. The summed E-state index contributed by atoms with van der Waals surface area (Å²) in [5.41, 5.74) is 0.266. The molecule has 1 aliphatic heterocycles. The van der Waals surface area contributed by atoms with Crippen molar-refractivity contribution in [1.29, 1.82) is 0 Å². The molecule has 1 saturated heterocycles. The smallest absolute Gasteiger partial charge is 0.303 e. The maximum absolute atomic E-state index is 13.0. The highest BCUT2D eigenvalue weighted by atomic mass is 16.7. The molecule has 0 aromatic heterocycles. The van der Waals surface area contributed by atoms with Crippen molar-refractivity contribution in [1.82, 2.24) is 0 Å². The first-order chi connectivity index (χ1) is 17.0. The summed E-state index contributed by atoms with van der Waals surface area (Å²) in [4.78, 5) is 72.6. The number of allylic oxidation sites excluding steroid dienone is 2. The van der Waals surface area contributed by atoms with E-state index in [1.54, 1.807) is 12.1 Å². The molecule has 0 spiro atoms. The molecule has 12 nitrogen and oxygen atoms in total. The van der Waals surface area contributed by atoms with Crippen LogP contribution < -0.4 is 0 Å². The van der Waals surface area contributed by atoms with Gasteiger partial charge in [0, 0.05) is 44.9 Å². The van der Waals surface area contributed by atoms with E-state index in [0.717, 1.165) is 33.8 Å². The Balaban J connectivity index is 2.01. The van der Waals surface area contributed by atoms with Crippen LogP contribution in [0.3, 0.4) is 0 Å². The highest BCUT2D eigenvalue weighted by Gasteiger charge is 2.54. The number of ketones is 2. The molecule has 0 bridgehead atoms. The van der Waals surface area contributed by atoms with Crippen LogP contribution in [0.25, 0.3) is 0 Å². The highest BCUT2D eigenvalue weighted by Crippen LogP contribution is 2.32. The van der Waals surface area contributed by atoms with E-state index in [4.69, 9.17) is 28.4 Å². The molecule has 1 heterocycles. The molecule has 5 atom stereocenters. The molecule has 0 N–H and O–H groups in total. The monoisotopic (exact) mass is 504 g/mol. The summed E-state index contributed by atoms with van der Waals surface area (Å²) in [5.74, 6) is -4.69. The van der Waals surface area contributed by atoms with Crippen molar-refractivity contribution in [3.8, 4) is 0 Å². The van der Waals surface area contributed by atoms with Crippen molar-refractivity contribution in [2.24, 2.45) is 0 Å². The fourth-order valence-corrected chi connectivity index (χ4v) is 3.79. The highest BCUT2D eigenvalue weighted by molar-refractivity contribution is 6.23. The lowest BCUT2D eigenvalue weighted by Gasteiger charge is -2.44. The normalized spacial score (nSPS) is 25.1. The third-order valence-corrected chi connectivity index (χ3v) is 5.11. The average molecular weight is 504 g/mol. The zero-order valence-electron chi connectivity index (χ0n) is 19.9. The Morgan fingerprint density at radius 2 is 1.33 bits per heavy atom. The molecule has 36 heavy (non-hydrogen) atoms. The first-order valence-corrected chi connectivity index (χ1v) is 10.8. The Morgan fingerprint density at radius 1 is 0.778 bits per heavy atom. The van der Waals surface area contributed by atoms with Gasteiger partial charge >= 0.3 is 23.9 Å². The zero-order valence-corrected chi connectivity index (χ0v) is 19.9. The van der Waals surface area contributed by atoms with Gasteiger partial charge in [-0.15, -0.1) is 0 Å². The summed E-state index contributed by atoms with van der Waals surface area (Å²) in [6.07, 6.45) is -6.32. The lowest BCUT2D eigenvalue weighted by Crippen LogP contribution is -2.63. The van der Waals surface area contributed by atoms with Crippen LogP contribution in [0.1, 0.15) is 48.4 Å². The lowest BCUT2D eigenvalue weighted by molar-refractivity contribution is -0.298. The standard InChI is InChI=1S/C24H24O12/c1-11(25)31-10-19-21(32-12(2)26)22(33-13(3)27)23(34-14(4)28)24(36-19)35-18-9-17(29)15-7-5-6-8-16(15)20(18)30/h5-9,19,21-24H,10H2,1-4H3/t19-,21-,22+,23+,24-/m1/s1. The predicted octanol–water partition coefficient (Wildman–Crippen LogP) is 1.05. The number of Topliss-reactive ketones (excluding diaryl/α,β-unsaturated/α-hetero) is 1. The van der Waals surface area contributed by atoms with Gasteiger partial charge in [-0.2, -0.15) is 0 Å². The van der Waals surface area contributed by atoms with Crippen molar-refractivity contribution >= 4 is 35.4 Å². The van der Waals surface area contributed by atoms with Crippen LogP contribution in [-0.2, 0) is 47.6 Å². The van der Waals surface area contributed by atoms with E-state index < -0.39 is 78.5 Å². The number of carbonyl (C=O) groups excluding carboxylic acids is 6. The number of hydrogen-bond donors (Lipinski definition) is 0. The molecule has 12 heteroatoms. The van der Waals surface area contributed by atoms with Crippen molar-refractivity contribution in [3.63, 3.8) is 0 Å². The summed E-state index contributed by atoms with van der Waals surface area (Å²) in [6, 6.07) is 6.10. The summed E-state index contributed by atoms with van der Waals surface area (Å²) >= 11 is 0. The second kappa shape index (κ2) is 11.1. The Kier molecular flexibility index (Phi) is 8.20. The van der Waals surface area contributed by atoms with E-state index in [1.807, 2.05) is 0 Å². The van der Waals surface area contributed by atoms with Gasteiger partial charge in [-0.3, -0.25) is 28.8 Å². The molecule has 1 aromatic carbocycles. The average Bonchev–Trinajstić information content (AvgIpc) is 2.79. The first kappa shape index (κ1) is 26.5. The van der Waals surface area contributed by atoms with Crippen LogP contribution in [0, 0.1) is 0 Å². The van der Waals surface area contributed by atoms with Crippen LogP contribution in [0.2, 0.25) is 0 Å². The fourth-order valence-electron chi connectivity index (χ4n) is 3.79. The Labute approximate surface area is 205 Å². The molecule has 2 aliphatic rings. The van der Waals surface area contributed by atoms with Gasteiger partial charge in [0.2, 0.25) is 18.2 Å². The van der Waals surface area contributed by atoms with Gasteiger partial charge in [0.1, 0.15) is 12.7 Å². The molecular formula is C24H24O12. The van der Waals surface area contributed by atoms with Gasteiger partial charge in [-0.05, 0) is 0 Å². The number of carbonyl (C=O) groups is 6. The van der Waals surface area contributed by atoms with Gasteiger partial charge in [0.25, 0.3) is 0 Å². The minimum atomic E-state index is -1.63. The van der Waals surface area contributed by atoms with E-state index in [1.165, 1.54) is 12.1 Å². The third-order valence-electron chi connectivity index (χ3n) is 5.11. The molecule has 0 radical (unpaired) electrons. The maximum Gasteiger partial charge on any atom is 0.303 e. The number of benzene rings is 1. The minimum Gasteiger partial charge on any atom is -0.463 e. The first-order valence-electron chi connectivity index (χ1n) is 10.8. The molecule has 1 aliphatic carbocycles. The quantitative estimate of drug-likeness (QED) is 0.384. The van der Waals surface area contributed by atoms with Crippen LogP contribution in [0.5, 0.6) is 0 Å². The SMILES string of the molecule is CC(=O)OC[C@H]1O[C@@H](OC2=CC(=O)c3ccccc3C2=O)[C@@H](OC(C)=O)[C@@H](OC(C)=O)[C@@H]1OC(C)=O. The largest absolute Gasteiger partial charge is 0.463 e.